The summed E-state index contributed by atoms with van der Waals surface area (Å²) in [6.45, 7) is 1.59. The second kappa shape index (κ2) is 7.65. The molecule has 4 rings (SSSR count). The molecule has 0 unspecified atom stereocenters. The minimum Gasteiger partial charge on any atom is -0.365 e. The van der Waals surface area contributed by atoms with Gasteiger partial charge >= 0.3 is 0 Å². The maximum absolute atomic E-state index is 4.58. The van der Waals surface area contributed by atoms with Crippen molar-refractivity contribution in [2.24, 2.45) is 0 Å². The quantitative estimate of drug-likeness (QED) is 0.559. The number of aryl methyl sites for hydroxylation is 2. The summed E-state index contributed by atoms with van der Waals surface area (Å²) in [4.78, 5) is 8.11. The van der Waals surface area contributed by atoms with E-state index in [9.17, 15) is 0 Å². The van der Waals surface area contributed by atoms with E-state index in [1.807, 2.05) is 52.2 Å². The van der Waals surface area contributed by atoms with Crippen molar-refractivity contribution >= 4 is 5.82 Å². The van der Waals surface area contributed by atoms with E-state index in [1.165, 1.54) is 11.1 Å². The SMILES string of the molecule is c1cc(CCn2ccc(NCc3ccc(-n4ccnc4)cc3)n2)ccn1. The number of anilines is 1. The van der Waals surface area contributed by atoms with E-state index < -0.39 is 0 Å². The van der Waals surface area contributed by atoms with Crippen molar-refractivity contribution in [3.8, 4) is 5.69 Å². The summed E-state index contributed by atoms with van der Waals surface area (Å²) >= 11 is 0. The number of benzene rings is 1. The van der Waals surface area contributed by atoms with Crippen LogP contribution in [0.1, 0.15) is 11.1 Å². The summed E-state index contributed by atoms with van der Waals surface area (Å²) in [6.07, 6.45) is 12.1. The van der Waals surface area contributed by atoms with Crippen LogP contribution in [0.25, 0.3) is 5.69 Å². The van der Waals surface area contributed by atoms with Crippen LogP contribution in [-0.4, -0.2) is 24.3 Å². The molecule has 3 aromatic heterocycles. The molecule has 4 aromatic rings. The average molecular weight is 344 g/mol. The topological polar surface area (TPSA) is 60.6 Å². The van der Waals surface area contributed by atoms with Gasteiger partial charge in [-0.1, -0.05) is 12.1 Å². The first kappa shape index (κ1) is 16.1. The van der Waals surface area contributed by atoms with Gasteiger partial charge in [-0.15, -0.1) is 0 Å². The fraction of sp³-hybridized carbons (Fsp3) is 0.150. The van der Waals surface area contributed by atoms with Crippen molar-refractivity contribution in [2.75, 3.05) is 5.32 Å². The molecule has 0 aliphatic rings. The number of imidazole rings is 1. The highest BCUT2D eigenvalue weighted by molar-refractivity contribution is 5.38. The number of aromatic nitrogens is 5. The Labute approximate surface area is 152 Å². The summed E-state index contributed by atoms with van der Waals surface area (Å²) in [5, 5.41) is 7.95. The monoisotopic (exact) mass is 344 g/mol. The first-order valence-corrected chi connectivity index (χ1v) is 8.60. The second-order valence-electron chi connectivity index (χ2n) is 6.06. The van der Waals surface area contributed by atoms with Gasteiger partial charge < -0.3 is 9.88 Å². The number of rotatable bonds is 7. The maximum atomic E-state index is 4.58. The van der Waals surface area contributed by atoms with Crippen LogP contribution in [-0.2, 0) is 19.5 Å². The molecule has 0 aliphatic carbocycles. The maximum Gasteiger partial charge on any atom is 0.148 e. The lowest BCUT2D eigenvalue weighted by Crippen LogP contribution is -2.04. The van der Waals surface area contributed by atoms with Crippen LogP contribution in [0.4, 0.5) is 5.82 Å². The van der Waals surface area contributed by atoms with Gasteiger partial charge in [-0.05, 0) is 41.8 Å². The molecule has 6 nitrogen and oxygen atoms in total. The Hall–Kier alpha value is -3.41. The van der Waals surface area contributed by atoms with Crippen molar-refractivity contribution in [3.63, 3.8) is 0 Å². The van der Waals surface area contributed by atoms with Crippen molar-refractivity contribution in [2.45, 2.75) is 19.5 Å². The highest BCUT2D eigenvalue weighted by atomic mass is 15.3. The number of nitrogens with zero attached hydrogens (tertiary/aromatic N) is 5. The fourth-order valence-electron chi connectivity index (χ4n) is 2.76. The lowest BCUT2D eigenvalue weighted by molar-refractivity contribution is 0.616. The molecule has 0 aliphatic heterocycles. The van der Waals surface area contributed by atoms with Crippen LogP contribution in [0.5, 0.6) is 0 Å². The summed E-state index contributed by atoms with van der Waals surface area (Å²) in [7, 11) is 0. The molecular formula is C20H20N6. The third-order valence-corrected chi connectivity index (χ3v) is 4.23. The van der Waals surface area contributed by atoms with Gasteiger partial charge in [-0.3, -0.25) is 9.67 Å². The first-order valence-electron chi connectivity index (χ1n) is 8.60. The molecule has 6 heteroatoms. The molecular weight excluding hydrogens is 324 g/mol. The third-order valence-electron chi connectivity index (χ3n) is 4.23. The Bertz CT molecular complexity index is 926. The van der Waals surface area contributed by atoms with Gasteiger partial charge in [0.2, 0.25) is 0 Å². The van der Waals surface area contributed by atoms with Crippen LogP contribution < -0.4 is 5.32 Å². The van der Waals surface area contributed by atoms with Crippen LogP contribution >= 0.6 is 0 Å². The fourth-order valence-corrected chi connectivity index (χ4v) is 2.76. The minimum absolute atomic E-state index is 0.742. The predicted octanol–water partition coefficient (Wildman–Crippen LogP) is 3.32. The Morgan fingerprint density at radius 2 is 1.65 bits per heavy atom. The van der Waals surface area contributed by atoms with Gasteiger partial charge in [0.25, 0.3) is 0 Å². The molecule has 1 N–H and O–H groups in total. The van der Waals surface area contributed by atoms with Crippen molar-refractivity contribution in [1.29, 1.82) is 0 Å². The number of hydrogen-bond donors (Lipinski definition) is 1. The Kier molecular flexibility index (Phi) is 4.73. The number of hydrogen-bond acceptors (Lipinski definition) is 4. The lowest BCUT2D eigenvalue weighted by atomic mass is 10.2. The van der Waals surface area contributed by atoms with Crippen LogP contribution in [0, 0.1) is 0 Å². The Morgan fingerprint density at radius 1 is 0.808 bits per heavy atom. The Morgan fingerprint density at radius 3 is 2.42 bits per heavy atom. The van der Waals surface area contributed by atoms with Crippen molar-refractivity contribution in [1.82, 2.24) is 24.3 Å². The largest absolute Gasteiger partial charge is 0.365 e. The summed E-state index contributed by atoms with van der Waals surface area (Å²) < 4.78 is 3.95. The smallest absolute Gasteiger partial charge is 0.148 e. The van der Waals surface area contributed by atoms with Crippen molar-refractivity contribution < 1.29 is 0 Å². The van der Waals surface area contributed by atoms with E-state index in [0.29, 0.717) is 0 Å². The minimum atomic E-state index is 0.742. The van der Waals surface area contributed by atoms with Gasteiger partial charge in [-0.2, -0.15) is 5.10 Å². The van der Waals surface area contributed by atoms with Gasteiger partial charge in [0.1, 0.15) is 5.82 Å². The highest BCUT2D eigenvalue weighted by Crippen LogP contribution is 2.11. The molecule has 0 saturated heterocycles. The third kappa shape index (κ3) is 3.97. The second-order valence-corrected chi connectivity index (χ2v) is 6.06. The molecule has 0 radical (unpaired) electrons. The molecule has 0 fully saturated rings. The Balaban J connectivity index is 1.30. The molecule has 0 amide bonds. The molecule has 1 aromatic carbocycles. The zero-order chi connectivity index (χ0) is 17.6. The molecule has 0 saturated carbocycles. The summed E-state index contributed by atoms with van der Waals surface area (Å²) in [6, 6.07) is 14.5. The van der Waals surface area contributed by atoms with Gasteiger partial charge in [0, 0.05) is 55.8 Å². The molecule has 130 valence electrons. The molecule has 0 atom stereocenters. The van der Waals surface area contributed by atoms with Crippen LogP contribution in [0.3, 0.4) is 0 Å². The molecule has 3 heterocycles. The van der Waals surface area contributed by atoms with E-state index >= 15 is 0 Å². The summed E-state index contributed by atoms with van der Waals surface area (Å²) in [5.41, 5.74) is 3.58. The van der Waals surface area contributed by atoms with Gasteiger partial charge in [0.05, 0.1) is 6.33 Å². The molecule has 26 heavy (non-hydrogen) atoms. The summed E-state index contributed by atoms with van der Waals surface area (Å²) in [5.74, 6) is 0.887. The molecule has 0 bridgehead atoms. The van der Waals surface area contributed by atoms with Crippen LogP contribution in [0.15, 0.2) is 79.8 Å². The zero-order valence-corrected chi connectivity index (χ0v) is 14.4. The predicted molar refractivity (Wildman–Crippen MR) is 101 cm³/mol. The van der Waals surface area contributed by atoms with E-state index in [0.717, 1.165) is 31.0 Å². The highest BCUT2D eigenvalue weighted by Gasteiger charge is 2.01. The average Bonchev–Trinajstić information content (AvgIpc) is 3.38. The lowest BCUT2D eigenvalue weighted by Gasteiger charge is -2.06. The van der Waals surface area contributed by atoms with E-state index in [2.05, 4.69) is 44.6 Å². The van der Waals surface area contributed by atoms with E-state index in [4.69, 9.17) is 0 Å². The van der Waals surface area contributed by atoms with Gasteiger partial charge in [0.15, 0.2) is 0 Å². The van der Waals surface area contributed by atoms with E-state index in [1.54, 1.807) is 12.5 Å². The van der Waals surface area contributed by atoms with E-state index in [-0.39, 0.29) is 0 Å². The van der Waals surface area contributed by atoms with Crippen molar-refractivity contribution in [3.05, 3.63) is 90.9 Å². The molecule has 0 spiro atoms. The first-order chi connectivity index (χ1) is 12.9. The normalized spacial score (nSPS) is 10.8. The number of nitrogens with one attached hydrogen (secondary N) is 1. The zero-order valence-electron chi connectivity index (χ0n) is 14.4. The standard InChI is InChI=1S/C20H20N6/c1-3-19(25-14-11-22-16-25)4-2-18(1)15-23-20-8-13-26(24-20)12-7-17-5-9-21-10-6-17/h1-6,8-11,13-14,16H,7,12,15H2,(H,23,24). The van der Waals surface area contributed by atoms with Gasteiger partial charge in [-0.25, -0.2) is 4.98 Å². The van der Waals surface area contributed by atoms with Crippen LogP contribution in [0.2, 0.25) is 0 Å². The number of pyridine rings is 1.